The number of rotatable bonds is 6. The molecule has 1 aromatic carbocycles. The van der Waals surface area contributed by atoms with Gasteiger partial charge < -0.3 is 15.4 Å². The standard InChI is InChI=1S/C18H21N3O3S/c1-11(2)17(23)21-18-20-13(10-25-18)8-16(22)19-9-14-7-12-5-3-4-6-15(12)24-14/h3-6,10-11,14H,7-9H2,1-2H3,(H,19,22)(H,20,21,23). The third-order valence-electron chi connectivity index (χ3n) is 3.89. The molecule has 2 aromatic rings. The lowest BCUT2D eigenvalue weighted by Gasteiger charge is -2.11. The summed E-state index contributed by atoms with van der Waals surface area (Å²) < 4.78 is 5.80. The molecule has 2 amide bonds. The molecule has 1 aliphatic rings. The van der Waals surface area contributed by atoms with E-state index in [1.54, 1.807) is 5.38 Å². The van der Waals surface area contributed by atoms with E-state index >= 15 is 0 Å². The van der Waals surface area contributed by atoms with Crippen molar-refractivity contribution in [2.45, 2.75) is 32.8 Å². The Balaban J connectivity index is 1.44. The van der Waals surface area contributed by atoms with Crippen LogP contribution >= 0.6 is 11.3 Å². The summed E-state index contributed by atoms with van der Waals surface area (Å²) >= 11 is 1.32. The number of fused-ring (bicyclic) bond motifs is 1. The van der Waals surface area contributed by atoms with Gasteiger partial charge in [-0.1, -0.05) is 32.0 Å². The lowest BCUT2D eigenvalue weighted by atomic mass is 10.1. The van der Waals surface area contributed by atoms with Crippen LogP contribution in [0, 0.1) is 5.92 Å². The number of aromatic nitrogens is 1. The molecule has 0 aliphatic carbocycles. The van der Waals surface area contributed by atoms with Crippen molar-refractivity contribution in [1.82, 2.24) is 10.3 Å². The van der Waals surface area contributed by atoms with Gasteiger partial charge in [0.05, 0.1) is 18.7 Å². The van der Waals surface area contributed by atoms with Gasteiger partial charge in [0.25, 0.3) is 0 Å². The summed E-state index contributed by atoms with van der Waals surface area (Å²) in [5.74, 6) is 0.605. The number of carbonyl (C=O) groups excluding carboxylic acids is 2. The van der Waals surface area contributed by atoms with Crippen molar-refractivity contribution in [2.24, 2.45) is 5.92 Å². The van der Waals surface area contributed by atoms with Gasteiger partial charge in [-0.25, -0.2) is 4.98 Å². The van der Waals surface area contributed by atoms with E-state index in [0.717, 1.165) is 12.2 Å². The molecule has 132 valence electrons. The number of nitrogens with one attached hydrogen (secondary N) is 2. The number of ether oxygens (including phenoxy) is 1. The molecule has 2 heterocycles. The van der Waals surface area contributed by atoms with Gasteiger partial charge in [-0.15, -0.1) is 11.3 Å². The van der Waals surface area contributed by atoms with Crippen molar-refractivity contribution < 1.29 is 14.3 Å². The maximum Gasteiger partial charge on any atom is 0.228 e. The quantitative estimate of drug-likeness (QED) is 0.830. The number of benzene rings is 1. The average Bonchev–Trinajstić information content (AvgIpc) is 3.19. The largest absolute Gasteiger partial charge is 0.488 e. The topological polar surface area (TPSA) is 80.3 Å². The van der Waals surface area contributed by atoms with E-state index in [4.69, 9.17) is 4.74 Å². The minimum atomic E-state index is -0.105. The normalized spacial score (nSPS) is 15.6. The predicted molar refractivity (Wildman–Crippen MR) is 96.9 cm³/mol. The Bertz CT molecular complexity index is 747. The van der Waals surface area contributed by atoms with Crippen LogP contribution in [0.25, 0.3) is 0 Å². The molecule has 25 heavy (non-hydrogen) atoms. The molecule has 1 atom stereocenters. The highest BCUT2D eigenvalue weighted by atomic mass is 32.1. The van der Waals surface area contributed by atoms with Crippen LogP contribution in [0.2, 0.25) is 0 Å². The third-order valence-corrected chi connectivity index (χ3v) is 4.70. The van der Waals surface area contributed by atoms with Crippen molar-refractivity contribution in [3.63, 3.8) is 0 Å². The van der Waals surface area contributed by atoms with Crippen molar-refractivity contribution in [3.05, 3.63) is 40.9 Å². The number of carbonyl (C=O) groups is 2. The number of anilines is 1. The van der Waals surface area contributed by atoms with Crippen LogP contribution in [0.5, 0.6) is 5.75 Å². The van der Waals surface area contributed by atoms with Crippen LogP contribution in [0.3, 0.4) is 0 Å². The fourth-order valence-electron chi connectivity index (χ4n) is 2.52. The Kier molecular flexibility index (Phi) is 5.33. The third kappa shape index (κ3) is 4.57. The molecule has 0 saturated heterocycles. The van der Waals surface area contributed by atoms with E-state index in [9.17, 15) is 9.59 Å². The maximum atomic E-state index is 12.1. The Morgan fingerprint density at radius 3 is 2.92 bits per heavy atom. The summed E-state index contributed by atoms with van der Waals surface area (Å²) in [4.78, 5) is 28.0. The summed E-state index contributed by atoms with van der Waals surface area (Å²) in [6.07, 6.45) is 0.962. The highest BCUT2D eigenvalue weighted by molar-refractivity contribution is 7.13. The van der Waals surface area contributed by atoms with Gasteiger partial charge in [-0.05, 0) is 11.6 Å². The van der Waals surface area contributed by atoms with Gasteiger partial charge in [0.2, 0.25) is 11.8 Å². The highest BCUT2D eigenvalue weighted by Crippen LogP contribution is 2.27. The number of thiazole rings is 1. The Labute approximate surface area is 150 Å². The van der Waals surface area contributed by atoms with Crippen LogP contribution in [0.15, 0.2) is 29.6 Å². The first-order chi connectivity index (χ1) is 12.0. The van der Waals surface area contributed by atoms with Crippen molar-refractivity contribution in [1.29, 1.82) is 0 Å². The summed E-state index contributed by atoms with van der Waals surface area (Å²) in [5.41, 5.74) is 1.82. The van der Waals surface area contributed by atoms with Crippen LogP contribution in [-0.4, -0.2) is 29.4 Å². The van der Waals surface area contributed by atoms with E-state index < -0.39 is 0 Å². The van der Waals surface area contributed by atoms with E-state index in [2.05, 4.69) is 15.6 Å². The van der Waals surface area contributed by atoms with E-state index in [-0.39, 0.29) is 30.3 Å². The molecule has 1 unspecified atom stereocenters. The Morgan fingerprint density at radius 2 is 2.16 bits per heavy atom. The zero-order valence-electron chi connectivity index (χ0n) is 14.2. The van der Waals surface area contributed by atoms with Crippen LogP contribution < -0.4 is 15.4 Å². The van der Waals surface area contributed by atoms with Crippen LogP contribution in [0.1, 0.15) is 25.1 Å². The van der Waals surface area contributed by atoms with Gasteiger partial charge in [0, 0.05) is 17.7 Å². The maximum absolute atomic E-state index is 12.1. The summed E-state index contributed by atoms with van der Waals surface area (Å²) in [7, 11) is 0. The zero-order valence-corrected chi connectivity index (χ0v) is 15.1. The van der Waals surface area contributed by atoms with Crippen molar-refractivity contribution in [3.8, 4) is 5.75 Å². The summed E-state index contributed by atoms with van der Waals surface area (Å²) in [5, 5.41) is 7.94. The van der Waals surface area contributed by atoms with E-state index in [1.807, 2.05) is 38.1 Å². The smallest absolute Gasteiger partial charge is 0.228 e. The molecular weight excluding hydrogens is 338 g/mol. The first-order valence-corrected chi connectivity index (χ1v) is 9.15. The number of para-hydroxylation sites is 1. The monoisotopic (exact) mass is 359 g/mol. The molecule has 0 radical (unpaired) electrons. The number of hydrogen-bond acceptors (Lipinski definition) is 5. The number of hydrogen-bond donors (Lipinski definition) is 2. The van der Waals surface area contributed by atoms with E-state index in [0.29, 0.717) is 17.4 Å². The predicted octanol–water partition coefficient (Wildman–Crippen LogP) is 2.40. The summed E-state index contributed by atoms with van der Waals surface area (Å²) in [6, 6.07) is 7.91. The number of amides is 2. The Hall–Kier alpha value is -2.41. The highest BCUT2D eigenvalue weighted by Gasteiger charge is 2.22. The van der Waals surface area contributed by atoms with Crippen LogP contribution in [-0.2, 0) is 22.4 Å². The second kappa shape index (κ2) is 7.65. The lowest BCUT2D eigenvalue weighted by molar-refractivity contribution is -0.121. The first-order valence-electron chi connectivity index (χ1n) is 8.28. The Morgan fingerprint density at radius 1 is 1.36 bits per heavy atom. The van der Waals surface area contributed by atoms with E-state index in [1.165, 1.54) is 16.9 Å². The molecule has 3 rings (SSSR count). The van der Waals surface area contributed by atoms with Crippen LogP contribution in [0.4, 0.5) is 5.13 Å². The second-order valence-electron chi connectivity index (χ2n) is 6.32. The molecule has 0 fully saturated rings. The average molecular weight is 359 g/mol. The molecule has 7 heteroatoms. The van der Waals surface area contributed by atoms with Gasteiger partial charge in [0.15, 0.2) is 5.13 Å². The van der Waals surface area contributed by atoms with Gasteiger partial charge in [-0.3, -0.25) is 9.59 Å². The minimum Gasteiger partial charge on any atom is -0.488 e. The zero-order chi connectivity index (χ0) is 17.8. The minimum absolute atomic E-state index is 0.0299. The first kappa shape index (κ1) is 17.4. The molecular formula is C18H21N3O3S. The molecule has 1 aliphatic heterocycles. The SMILES string of the molecule is CC(C)C(=O)Nc1nc(CC(=O)NCC2Cc3ccccc3O2)cs1. The molecule has 0 saturated carbocycles. The van der Waals surface area contributed by atoms with Crippen molar-refractivity contribution in [2.75, 3.05) is 11.9 Å². The molecule has 0 bridgehead atoms. The van der Waals surface area contributed by atoms with Gasteiger partial charge in [0.1, 0.15) is 11.9 Å². The lowest BCUT2D eigenvalue weighted by Crippen LogP contribution is -2.35. The van der Waals surface area contributed by atoms with Gasteiger partial charge in [-0.2, -0.15) is 0 Å². The van der Waals surface area contributed by atoms with Crippen molar-refractivity contribution >= 4 is 28.3 Å². The molecule has 6 nitrogen and oxygen atoms in total. The molecule has 2 N–H and O–H groups in total. The second-order valence-corrected chi connectivity index (χ2v) is 7.18. The summed E-state index contributed by atoms with van der Waals surface area (Å²) in [6.45, 7) is 4.11. The molecule has 0 spiro atoms. The fourth-order valence-corrected chi connectivity index (χ4v) is 3.23. The number of nitrogens with zero attached hydrogens (tertiary/aromatic N) is 1. The molecule has 1 aromatic heterocycles. The van der Waals surface area contributed by atoms with Gasteiger partial charge >= 0.3 is 0 Å². The fraction of sp³-hybridized carbons (Fsp3) is 0.389.